The topological polar surface area (TPSA) is 49.4 Å². The standard InChI is InChI=1S/C14H20F2N2O2S/c1-10(2)18-7-5-11(6-8-18)17-21(19,20)12-3-4-13(15)14(16)9-12/h3-4,9-11,17H,5-8H2,1-2H3. The second-order valence-electron chi connectivity index (χ2n) is 5.60. The number of benzene rings is 1. The molecule has 118 valence electrons. The molecule has 0 radical (unpaired) electrons. The molecular formula is C14H20F2N2O2S. The Balaban J connectivity index is 2.03. The van der Waals surface area contributed by atoms with E-state index >= 15 is 0 Å². The lowest BCUT2D eigenvalue weighted by Gasteiger charge is -2.34. The van der Waals surface area contributed by atoms with Crippen LogP contribution in [0.1, 0.15) is 26.7 Å². The minimum absolute atomic E-state index is 0.168. The number of likely N-dealkylation sites (tertiary alicyclic amines) is 1. The lowest BCUT2D eigenvalue weighted by molar-refractivity contribution is 0.168. The van der Waals surface area contributed by atoms with E-state index in [9.17, 15) is 17.2 Å². The third-order valence-corrected chi connectivity index (χ3v) is 5.30. The van der Waals surface area contributed by atoms with Crippen LogP contribution in [0.5, 0.6) is 0 Å². The molecule has 4 nitrogen and oxygen atoms in total. The van der Waals surface area contributed by atoms with Crippen LogP contribution in [-0.4, -0.2) is 38.5 Å². The molecule has 0 amide bonds. The zero-order valence-corrected chi connectivity index (χ0v) is 13.0. The summed E-state index contributed by atoms with van der Waals surface area (Å²) in [5, 5.41) is 0. The summed E-state index contributed by atoms with van der Waals surface area (Å²) in [6.45, 7) is 5.85. The zero-order chi connectivity index (χ0) is 15.6. The number of sulfonamides is 1. The van der Waals surface area contributed by atoms with Crippen molar-refractivity contribution in [3.63, 3.8) is 0 Å². The van der Waals surface area contributed by atoms with Gasteiger partial charge >= 0.3 is 0 Å². The van der Waals surface area contributed by atoms with Gasteiger partial charge < -0.3 is 4.90 Å². The Morgan fingerprint density at radius 3 is 2.33 bits per heavy atom. The van der Waals surface area contributed by atoms with Gasteiger partial charge in [0.15, 0.2) is 11.6 Å². The van der Waals surface area contributed by atoms with Crippen molar-refractivity contribution in [3.05, 3.63) is 29.8 Å². The molecule has 1 aliphatic rings. The molecule has 0 saturated carbocycles. The molecular weight excluding hydrogens is 298 g/mol. The number of nitrogens with one attached hydrogen (secondary N) is 1. The van der Waals surface area contributed by atoms with Gasteiger partial charge in [-0.2, -0.15) is 0 Å². The van der Waals surface area contributed by atoms with Crippen LogP contribution in [0.2, 0.25) is 0 Å². The van der Waals surface area contributed by atoms with Crippen LogP contribution in [0, 0.1) is 11.6 Å². The quantitative estimate of drug-likeness (QED) is 0.925. The smallest absolute Gasteiger partial charge is 0.240 e. The predicted molar refractivity (Wildman–Crippen MR) is 76.4 cm³/mol. The Hall–Kier alpha value is -1.05. The lowest BCUT2D eigenvalue weighted by Crippen LogP contribution is -2.46. The number of hydrogen-bond donors (Lipinski definition) is 1. The third-order valence-electron chi connectivity index (χ3n) is 3.78. The van der Waals surface area contributed by atoms with E-state index in [1.54, 1.807) is 0 Å². The van der Waals surface area contributed by atoms with E-state index in [1.165, 1.54) is 0 Å². The van der Waals surface area contributed by atoms with E-state index in [4.69, 9.17) is 0 Å². The highest BCUT2D eigenvalue weighted by Crippen LogP contribution is 2.18. The maximum atomic E-state index is 13.2. The number of nitrogens with zero attached hydrogens (tertiary/aromatic N) is 1. The Bertz CT molecular complexity index is 597. The molecule has 0 spiro atoms. The minimum Gasteiger partial charge on any atom is -0.301 e. The summed E-state index contributed by atoms with van der Waals surface area (Å²) in [6, 6.07) is 2.88. The predicted octanol–water partition coefficient (Wildman–Crippen LogP) is 2.12. The van der Waals surface area contributed by atoms with Crippen molar-refractivity contribution in [2.24, 2.45) is 0 Å². The molecule has 0 unspecified atom stereocenters. The monoisotopic (exact) mass is 318 g/mol. The Morgan fingerprint density at radius 1 is 1.19 bits per heavy atom. The van der Waals surface area contributed by atoms with Gasteiger partial charge in [-0.1, -0.05) is 0 Å². The second kappa shape index (κ2) is 6.37. The van der Waals surface area contributed by atoms with E-state index in [-0.39, 0.29) is 10.9 Å². The molecule has 1 aromatic rings. The fourth-order valence-corrected chi connectivity index (χ4v) is 3.78. The number of hydrogen-bond acceptors (Lipinski definition) is 3. The van der Waals surface area contributed by atoms with Crippen molar-refractivity contribution in [2.45, 2.75) is 43.7 Å². The fourth-order valence-electron chi connectivity index (χ4n) is 2.47. The zero-order valence-electron chi connectivity index (χ0n) is 12.1. The highest BCUT2D eigenvalue weighted by molar-refractivity contribution is 7.89. The molecule has 1 heterocycles. The third kappa shape index (κ3) is 3.99. The van der Waals surface area contributed by atoms with E-state index in [2.05, 4.69) is 23.5 Å². The normalized spacial score (nSPS) is 18.3. The van der Waals surface area contributed by atoms with Gasteiger partial charge in [-0.3, -0.25) is 0 Å². The molecule has 0 aliphatic carbocycles. The summed E-state index contributed by atoms with van der Waals surface area (Å²) in [4.78, 5) is 2.04. The SMILES string of the molecule is CC(C)N1CCC(NS(=O)(=O)c2ccc(F)c(F)c2)CC1. The average Bonchev–Trinajstić information content (AvgIpc) is 2.42. The van der Waals surface area contributed by atoms with Crippen molar-refractivity contribution >= 4 is 10.0 Å². The van der Waals surface area contributed by atoms with E-state index in [1.807, 2.05) is 0 Å². The first-order valence-corrected chi connectivity index (χ1v) is 8.49. The molecule has 0 aromatic heterocycles. The van der Waals surface area contributed by atoms with Gasteiger partial charge in [0.05, 0.1) is 4.90 Å². The molecule has 7 heteroatoms. The van der Waals surface area contributed by atoms with Crippen LogP contribution in [0.25, 0.3) is 0 Å². The second-order valence-corrected chi connectivity index (χ2v) is 7.32. The molecule has 1 saturated heterocycles. The number of halogens is 2. The minimum atomic E-state index is -3.81. The van der Waals surface area contributed by atoms with Gasteiger partial charge in [-0.05, 0) is 58.0 Å². The fraction of sp³-hybridized carbons (Fsp3) is 0.571. The van der Waals surface area contributed by atoms with E-state index < -0.39 is 21.7 Å². The molecule has 1 aromatic carbocycles. The molecule has 0 bridgehead atoms. The van der Waals surface area contributed by atoms with Crippen LogP contribution in [0.4, 0.5) is 8.78 Å². The summed E-state index contributed by atoms with van der Waals surface area (Å²) in [5.74, 6) is -2.22. The van der Waals surface area contributed by atoms with Crippen LogP contribution in [0.15, 0.2) is 23.1 Å². The number of piperidine rings is 1. The Kier molecular flexibility index (Phi) is 4.95. The first-order valence-electron chi connectivity index (χ1n) is 7.01. The van der Waals surface area contributed by atoms with Crippen molar-refractivity contribution in [3.8, 4) is 0 Å². The van der Waals surface area contributed by atoms with E-state index in [0.717, 1.165) is 25.2 Å². The van der Waals surface area contributed by atoms with Gasteiger partial charge in [-0.15, -0.1) is 0 Å². The van der Waals surface area contributed by atoms with Crippen LogP contribution >= 0.6 is 0 Å². The molecule has 0 atom stereocenters. The van der Waals surface area contributed by atoms with Crippen molar-refractivity contribution in [1.82, 2.24) is 9.62 Å². The summed E-state index contributed by atoms with van der Waals surface area (Å²) >= 11 is 0. The van der Waals surface area contributed by atoms with Crippen LogP contribution in [0.3, 0.4) is 0 Å². The van der Waals surface area contributed by atoms with Gasteiger partial charge in [0.2, 0.25) is 10.0 Å². The first kappa shape index (κ1) is 16.3. The highest BCUT2D eigenvalue weighted by atomic mass is 32.2. The average molecular weight is 318 g/mol. The van der Waals surface area contributed by atoms with Crippen molar-refractivity contribution in [2.75, 3.05) is 13.1 Å². The molecule has 1 aliphatic heterocycles. The largest absolute Gasteiger partial charge is 0.301 e. The molecule has 2 rings (SSSR count). The van der Waals surface area contributed by atoms with Crippen LogP contribution in [-0.2, 0) is 10.0 Å². The summed E-state index contributed by atoms with van der Waals surface area (Å²) < 4.78 is 52.9. The van der Waals surface area contributed by atoms with Crippen LogP contribution < -0.4 is 4.72 Å². The van der Waals surface area contributed by atoms with Gasteiger partial charge in [-0.25, -0.2) is 21.9 Å². The Morgan fingerprint density at radius 2 is 1.81 bits per heavy atom. The van der Waals surface area contributed by atoms with E-state index in [0.29, 0.717) is 24.9 Å². The maximum Gasteiger partial charge on any atom is 0.240 e. The lowest BCUT2D eigenvalue weighted by atomic mass is 10.1. The molecule has 1 fully saturated rings. The molecule has 21 heavy (non-hydrogen) atoms. The first-order chi connectivity index (χ1) is 9.79. The van der Waals surface area contributed by atoms with Gasteiger partial charge in [0.25, 0.3) is 0 Å². The van der Waals surface area contributed by atoms with Crippen molar-refractivity contribution < 1.29 is 17.2 Å². The summed E-state index contributed by atoms with van der Waals surface area (Å²) in [5.41, 5.74) is 0. The van der Waals surface area contributed by atoms with Crippen molar-refractivity contribution in [1.29, 1.82) is 0 Å². The van der Waals surface area contributed by atoms with Gasteiger partial charge in [0.1, 0.15) is 0 Å². The van der Waals surface area contributed by atoms with Gasteiger partial charge in [0, 0.05) is 12.1 Å². The summed E-state index contributed by atoms with van der Waals surface area (Å²) in [6.07, 6.45) is 1.42. The highest BCUT2D eigenvalue weighted by Gasteiger charge is 2.26. The Labute approximate surface area is 124 Å². The summed E-state index contributed by atoms with van der Waals surface area (Å²) in [7, 11) is -3.81. The number of rotatable bonds is 4. The maximum absolute atomic E-state index is 13.2. The molecule has 1 N–H and O–H groups in total.